The van der Waals surface area contributed by atoms with E-state index in [1.807, 2.05) is 50.2 Å². The van der Waals surface area contributed by atoms with Crippen LogP contribution in [0.15, 0.2) is 53.4 Å². The predicted octanol–water partition coefficient (Wildman–Crippen LogP) is 3.29. The number of benzene rings is 2. The maximum absolute atomic E-state index is 12.2. The van der Waals surface area contributed by atoms with E-state index in [2.05, 4.69) is 0 Å². The Morgan fingerprint density at radius 3 is 2.32 bits per heavy atom. The second-order valence-electron chi connectivity index (χ2n) is 4.53. The van der Waals surface area contributed by atoms with Gasteiger partial charge in [-0.2, -0.15) is 0 Å². The molecule has 19 heavy (non-hydrogen) atoms. The van der Waals surface area contributed by atoms with Crippen LogP contribution in [0.25, 0.3) is 0 Å². The molecule has 0 aromatic heterocycles. The second kappa shape index (κ2) is 5.93. The van der Waals surface area contributed by atoms with Gasteiger partial charge in [0.15, 0.2) is 5.78 Å². The van der Waals surface area contributed by atoms with Gasteiger partial charge in [-0.05, 0) is 37.1 Å². The molecule has 0 N–H and O–H groups in total. The van der Waals surface area contributed by atoms with Crippen LogP contribution in [0, 0.1) is 13.8 Å². The number of rotatable bonds is 4. The van der Waals surface area contributed by atoms with Crippen molar-refractivity contribution >= 4 is 16.6 Å². The Kier molecular flexibility index (Phi) is 4.27. The summed E-state index contributed by atoms with van der Waals surface area (Å²) in [5.74, 6) is -0.0517. The average molecular weight is 272 g/mol. The van der Waals surface area contributed by atoms with Gasteiger partial charge in [0.1, 0.15) is 0 Å². The highest BCUT2D eigenvalue weighted by atomic mass is 32.2. The summed E-state index contributed by atoms with van der Waals surface area (Å²) in [4.78, 5) is 12.7. The van der Waals surface area contributed by atoms with Crippen molar-refractivity contribution in [1.29, 1.82) is 0 Å². The van der Waals surface area contributed by atoms with E-state index < -0.39 is 10.8 Å². The van der Waals surface area contributed by atoms with Gasteiger partial charge in [-0.3, -0.25) is 9.00 Å². The van der Waals surface area contributed by atoms with Crippen molar-refractivity contribution in [3.8, 4) is 0 Å². The lowest BCUT2D eigenvalue weighted by Crippen LogP contribution is -2.11. The molecule has 2 aromatic carbocycles. The minimum absolute atomic E-state index is 0.0342. The van der Waals surface area contributed by atoms with Crippen LogP contribution in [0.4, 0.5) is 0 Å². The highest BCUT2D eigenvalue weighted by Crippen LogP contribution is 2.14. The van der Waals surface area contributed by atoms with Gasteiger partial charge in [-0.15, -0.1) is 0 Å². The first-order valence-corrected chi connectivity index (χ1v) is 7.43. The number of hydrogen-bond acceptors (Lipinski definition) is 2. The van der Waals surface area contributed by atoms with Gasteiger partial charge in [0, 0.05) is 10.5 Å². The molecular formula is C16H16O2S. The molecule has 1 atom stereocenters. The smallest absolute Gasteiger partial charge is 0.175 e. The molecule has 0 heterocycles. The zero-order valence-corrected chi connectivity index (χ0v) is 11.9. The molecule has 3 heteroatoms. The van der Waals surface area contributed by atoms with Crippen molar-refractivity contribution in [2.24, 2.45) is 0 Å². The summed E-state index contributed by atoms with van der Waals surface area (Å²) in [6.45, 7) is 3.99. The normalized spacial score (nSPS) is 12.1. The minimum atomic E-state index is -1.28. The van der Waals surface area contributed by atoms with Crippen LogP contribution in [-0.4, -0.2) is 15.7 Å². The topological polar surface area (TPSA) is 34.1 Å². The molecule has 0 saturated carbocycles. The zero-order valence-electron chi connectivity index (χ0n) is 11.1. The van der Waals surface area contributed by atoms with Crippen LogP contribution in [0.3, 0.4) is 0 Å². The molecule has 2 nitrogen and oxygen atoms in total. The van der Waals surface area contributed by atoms with E-state index in [1.54, 1.807) is 12.1 Å². The SMILES string of the molecule is Cc1ccc(S(=O)CC(=O)c2ccccc2)cc1C. The maximum Gasteiger partial charge on any atom is 0.175 e. The number of Topliss-reactive ketones (excluding diaryl/α,β-unsaturated/α-hetero) is 1. The first kappa shape index (κ1) is 13.7. The molecule has 1 unspecified atom stereocenters. The van der Waals surface area contributed by atoms with E-state index in [-0.39, 0.29) is 11.5 Å². The summed E-state index contributed by atoms with van der Waals surface area (Å²) in [5, 5.41) is 0. The van der Waals surface area contributed by atoms with Gasteiger partial charge in [0.25, 0.3) is 0 Å². The van der Waals surface area contributed by atoms with Crippen LogP contribution < -0.4 is 0 Å². The van der Waals surface area contributed by atoms with Crippen molar-refractivity contribution in [2.45, 2.75) is 18.7 Å². The summed E-state index contributed by atoms with van der Waals surface area (Å²) >= 11 is 0. The van der Waals surface area contributed by atoms with Crippen molar-refractivity contribution in [3.63, 3.8) is 0 Å². The fourth-order valence-electron chi connectivity index (χ4n) is 1.77. The van der Waals surface area contributed by atoms with E-state index in [9.17, 15) is 9.00 Å². The third-order valence-electron chi connectivity index (χ3n) is 3.10. The Morgan fingerprint density at radius 1 is 1.00 bits per heavy atom. The molecule has 0 saturated heterocycles. The third-order valence-corrected chi connectivity index (χ3v) is 4.40. The van der Waals surface area contributed by atoms with Crippen LogP contribution >= 0.6 is 0 Å². The largest absolute Gasteiger partial charge is 0.293 e. The Morgan fingerprint density at radius 2 is 1.68 bits per heavy atom. The first-order valence-electron chi connectivity index (χ1n) is 6.12. The van der Waals surface area contributed by atoms with Gasteiger partial charge in [0.05, 0.1) is 16.6 Å². The fraction of sp³-hybridized carbons (Fsp3) is 0.188. The number of hydrogen-bond donors (Lipinski definition) is 0. The lowest BCUT2D eigenvalue weighted by atomic mass is 10.1. The standard InChI is InChI=1S/C16H16O2S/c1-12-8-9-15(10-13(12)2)19(18)11-16(17)14-6-4-3-5-7-14/h3-10H,11H2,1-2H3. The third kappa shape index (κ3) is 3.38. The van der Waals surface area contributed by atoms with Crippen molar-refractivity contribution in [3.05, 3.63) is 65.2 Å². The predicted molar refractivity (Wildman–Crippen MR) is 78.0 cm³/mol. The molecule has 0 amide bonds. The van der Waals surface area contributed by atoms with Crippen LogP contribution in [-0.2, 0) is 10.8 Å². The number of ketones is 1. The molecule has 2 aromatic rings. The molecule has 0 aliphatic carbocycles. The number of aryl methyl sites for hydroxylation is 2. The molecule has 2 rings (SSSR count). The Hall–Kier alpha value is -1.74. The average Bonchev–Trinajstić information content (AvgIpc) is 2.42. The fourth-order valence-corrected chi connectivity index (χ4v) is 2.86. The molecular weight excluding hydrogens is 256 g/mol. The summed E-state index contributed by atoms with van der Waals surface area (Å²) in [7, 11) is -1.28. The van der Waals surface area contributed by atoms with Crippen molar-refractivity contribution < 1.29 is 9.00 Å². The van der Waals surface area contributed by atoms with Gasteiger partial charge in [0.2, 0.25) is 0 Å². The van der Waals surface area contributed by atoms with Gasteiger partial charge in [-0.25, -0.2) is 0 Å². The van der Waals surface area contributed by atoms with E-state index in [4.69, 9.17) is 0 Å². The molecule has 0 spiro atoms. The minimum Gasteiger partial charge on any atom is -0.293 e. The van der Waals surface area contributed by atoms with Gasteiger partial charge in [-0.1, -0.05) is 36.4 Å². The van der Waals surface area contributed by atoms with Crippen LogP contribution in [0.5, 0.6) is 0 Å². The van der Waals surface area contributed by atoms with E-state index in [0.29, 0.717) is 10.5 Å². The van der Waals surface area contributed by atoms with Crippen LogP contribution in [0.1, 0.15) is 21.5 Å². The molecule has 98 valence electrons. The van der Waals surface area contributed by atoms with Gasteiger partial charge >= 0.3 is 0 Å². The van der Waals surface area contributed by atoms with Gasteiger partial charge < -0.3 is 0 Å². The highest BCUT2D eigenvalue weighted by molar-refractivity contribution is 7.85. The monoisotopic (exact) mass is 272 g/mol. The lowest BCUT2D eigenvalue weighted by Gasteiger charge is -2.05. The molecule has 0 aliphatic rings. The molecule has 0 radical (unpaired) electrons. The van der Waals surface area contributed by atoms with E-state index in [0.717, 1.165) is 11.1 Å². The molecule has 0 bridgehead atoms. The Balaban J connectivity index is 2.13. The molecule has 0 aliphatic heterocycles. The summed E-state index contributed by atoms with van der Waals surface area (Å²) in [6.07, 6.45) is 0. The zero-order chi connectivity index (χ0) is 13.8. The first-order chi connectivity index (χ1) is 9.08. The van der Waals surface area contributed by atoms with Crippen molar-refractivity contribution in [2.75, 3.05) is 5.75 Å². The van der Waals surface area contributed by atoms with E-state index >= 15 is 0 Å². The summed E-state index contributed by atoms with van der Waals surface area (Å²) in [6, 6.07) is 14.6. The highest BCUT2D eigenvalue weighted by Gasteiger charge is 2.12. The summed E-state index contributed by atoms with van der Waals surface area (Å²) in [5.41, 5.74) is 2.87. The maximum atomic E-state index is 12.2. The summed E-state index contributed by atoms with van der Waals surface area (Å²) < 4.78 is 12.2. The number of carbonyl (C=O) groups is 1. The van der Waals surface area contributed by atoms with E-state index in [1.165, 1.54) is 0 Å². The molecule has 0 fully saturated rings. The Labute approximate surface area is 115 Å². The Bertz CT molecular complexity index is 618. The second-order valence-corrected chi connectivity index (χ2v) is 5.98. The van der Waals surface area contributed by atoms with Crippen molar-refractivity contribution in [1.82, 2.24) is 0 Å². The number of carbonyl (C=O) groups excluding carboxylic acids is 1. The quantitative estimate of drug-likeness (QED) is 0.800. The van der Waals surface area contributed by atoms with Crippen LogP contribution in [0.2, 0.25) is 0 Å². The lowest BCUT2D eigenvalue weighted by molar-refractivity contribution is 0.102.